The van der Waals surface area contributed by atoms with E-state index >= 15 is 0 Å². The van der Waals surface area contributed by atoms with E-state index in [0.717, 1.165) is 69.8 Å². The fraction of sp³-hybridized carbons (Fsp3) is 0.684. The Bertz CT molecular complexity index is 1260. The van der Waals surface area contributed by atoms with E-state index in [4.69, 9.17) is 21.3 Å². The number of unbranched alkanes of at least 4 members (excludes halogenated alkanes) is 1. The standard InChI is InChI=1S/C38H60N5OPS/c1-7-10-15-31-17-13-12-16-30(9-3)34(31)29(4)43-21-18-32-23-33(24-43)41-36(42-35(32)39-25-37(5)27-46-28-37)44-26-38(6)19-14-22-45(38)40-20-11-8-2/h10,13,15-17,32-33,40H,4,7-9,11-12,14,18-28H2,1-3,5-6H3,(H,39,41,42)/b15-10-. The molecular formula is C38H60N5OPS. The number of likely N-dealkylation sites (tertiary alicyclic amines) is 1. The summed E-state index contributed by atoms with van der Waals surface area (Å²) < 4.78 is 6.68. The highest BCUT2D eigenvalue weighted by molar-refractivity contribution is 8.00. The largest absolute Gasteiger partial charge is 0.463 e. The van der Waals surface area contributed by atoms with Gasteiger partial charge in [0.05, 0.1) is 6.04 Å². The highest BCUT2D eigenvalue weighted by Gasteiger charge is 2.40. The number of amidine groups is 2. The van der Waals surface area contributed by atoms with E-state index in [-0.39, 0.29) is 19.3 Å². The van der Waals surface area contributed by atoms with Crippen molar-refractivity contribution in [1.29, 1.82) is 0 Å². The number of fused-ring (bicyclic) bond motifs is 2. The second-order valence-electron chi connectivity index (χ2n) is 14.5. The maximum Gasteiger partial charge on any atom is 0.313 e. The summed E-state index contributed by atoms with van der Waals surface area (Å²) >= 11 is 2.04. The summed E-state index contributed by atoms with van der Waals surface area (Å²) in [5.74, 6) is 3.85. The number of hydrogen-bond donors (Lipinski definition) is 2. The molecule has 2 bridgehead atoms. The van der Waals surface area contributed by atoms with Crippen LogP contribution >= 0.6 is 19.8 Å². The number of nitrogens with zero attached hydrogens (tertiary/aromatic N) is 3. The van der Waals surface area contributed by atoms with Gasteiger partial charge in [-0.05, 0) is 83.3 Å². The van der Waals surface area contributed by atoms with Crippen LogP contribution in [-0.4, -0.2) is 78.4 Å². The molecule has 3 fully saturated rings. The van der Waals surface area contributed by atoms with E-state index in [1.165, 1.54) is 60.1 Å². The Hall–Kier alpha value is -1.82. The third-order valence-electron chi connectivity index (χ3n) is 10.3. The minimum atomic E-state index is -0.257. The zero-order valence-corrected chi connectivity index (χ0v) is 31.1. The van der Waals surface area contributed by atoms with Crippen molar-refractivity contribution in [3.05, 3.63) is 59.4 Å². The van der Waals surface area contributed by atoms with Gasteiger partial charge in [-0.25, -0.2) is 4.99 Å². The molecule has 0 amide bonds. The van der Waals surface area contributed by atoms with Crippen molar-refractivity contribution in [3.8, 4) is 0 Å². The van der Waals surface area contributed by atoms with Crippen LogP contribution in [0.2, 0.25) is 0 Å². The SMILES string of the molecule is C=C(C1=C(/C=C\CC)C=CCC=C1CC)N1CCC2CC(C1)N=C(OCC1(C)CCCP1NCCCC)N=C2NCC1(C)CSC1. The van der Waals surface area contributed by atoms with E-state index in [1.54, 1.807) is 0 Å². The third kappa shape index (κ3) is 8.80. The van der Waals surface area contributed by atoms with Gasteiger partial charge >= 0.3 is 6.02 Å². The molecule has 1 aliphatic carbocycles. The van der Waals surface area contributed by atoms with Crippen LogP contribution in [0.4, 0.5) is 0 Å². The Morgan fingerprint density at radius 3 is 2.85 bits per heavy atom. The van der Waals surface area contributed by atoms with Gasteiger partial charge in [-0.15, -0.1) is 0 Å². The average Bonchev–Trinajstić information content (AvgIpc) is 3.21. The first-order valence-electron chi connectivity index (χ1n) is 18.1. The molecule has 254 valence electrons. The van der Waals surface area contributed by atoms with Gasteiger partial charge in [0.25, 0.3) is 0 Å². The first-order chi connectivity index (χ1) is 22.3. The molecule has 4 unspecified atom stereocenters. The number of allylic oxidation sites excluding steroid dienone is 7. The number of hydrogen-bond acceptors (Lipinski definition) is 7. The zero-order chi connectivity index (χ0) is 32.6. The monoisotopic (exact) mass is 665 g/mol. The van der Waals surface area contributed by atoms with E-state index in [9.17, 15) is 0 Å². The normalized spacial score (nSPS) is 29.4. The lowest BCUT2D eigenvalue weighted by Gasteiger charge is -2.38. The minimum absolute atomic E-state index is 0.114. The lowest BCUT2D eigenvalue weighted by Crippen LogP contribution is -2.46. The van der Waals surface area contributed by atoms with Crippen LogP contribution < -0.4 is 10.4 Å². The maximum atomic E-state index is 6.68. The molecule has 5 rings (SSSR count). The predicted octanol–water partition coefficient (Wildman–Crippen LogP) is 8.61. The smallest absolute Gasteiger partial charge is 0.313 e. The molecule has 0 spiro atoms. The zero-order valence-electron chi connectivity index (χ0n) is 29.4. The molecule has 8 heteroatoms. The van der Waals surface area contributed by atoms with Crippen LogP contribution in [0, 0.1) is 11.3 Å². The molecule has 4 aliphatic heterocycles. The molecule has 0 aromatic heterocycles. The molecular weight excluding hydrogens is 605 g/mol. The molecule has 6 nitrogen and oxygen atoms in total. The van der Waals surface area contributed by atoms with Gasteiger partial charge in [-0.2, -0.15) is 16.8 Å². The maximum absolute atomic E-state index is 6.68. The van der Waals surface area contributed by atoms with Gasteiger partial charge in [0.1, 0.15) is 12.4 Å². The molecule has 0 saturated carbocycles. The van der Waals surface area contributed by atoms with E-state index in [0.29, 0.717) is 24.0 Å². The van der Waals surface area contributed by atoms with Gasteiger partial charge < -0.3 is 15.0 Å². The second-order valence-corrected chi connectivity index (χ2v) is 18.2. The Balaban J connectivity index is 1.38. The molecule has 0 aromatic rings. The van der Waals surface area contributed by atoms with Gasteiger partial charge in [-0.1, -0.05) is 78.0 Å². The topological polar surface area (TPSA) is 61.2 Å². The van der Waals surface area contributed by atoms with Crippen LogP contribution in [0.5, 0.6) is 0 Å². The molecule has 5 aliphatic rings. The Morgan fingerprint density at radius 1 is 1.26 bits per heavy atom. The van der Waals surface area contributed by atoms with E-state index < -0.39 is 0 Å². The molecule has 2 N–H and O–H groups in total. The first-order valence-corrected chi connectivity index (χ1v) is 20.8. The molecule has 3 saturated heterocycles. The Morgan fingerprint density at radius 2 is 2.11 bits per heavy atom. The van der Waals surface area contributed by atoms with Gasteiger partial charge in [-0.3, -0.25) is 5.09 Å². The quantitative estimate of drug-likeness (QED) is 0.152. The van der Waals surface area contributed by atoms with Crippen LogP contribution in [-0.2, 0) is 4.74 Å². The predicted molar refractivity (Wildman–Crippen MR) is 202 cm³/mol. The van der Waals surface area contributed by atoms with Crippen molar-refractivity contribution in [2.75, 3.05) is 50.5 Å². The van der Waals surface area contributed by atoms with Crippen molar-refractivity contribution < 1.29 is 4.74 Å². The number of aliphatic imine (C=N–C) groups is 2. The fourth-order valence-corrected chi connectivity index (χ4v) is 11.0. The number of rotatable bonds is 13. The van der Waals surface area contributed by atoms with Gasteiger partial charge in [0, 0.05) is 58.9 Å². The number of ether oxygens (including phenoxy) is 1. The summed E-state index contributed by atoms with van der Waals surface area (Å²) in [6.45, 7) is 20.9. The fourth-order valence-electron chi connectivity index (χ4n) is 7.30. The molecule has 4 heterocycles. The lowest BCUT2D eigenvalue weighted by molar-refractivity contribution is 0.253. The summed E-state index contributed by atoms with van der Waals surface area (Å²) in [6, 6.07) is 0.702. The second kappa shape index (κ2) is 16.5. The molecule has 0 aromatic carbocycles. The summed E-state index contributed by atoms with van der Waals surface area (Å²) in [5.41, 5.74) is 5.44. The molecule has 0 radical (unpaired) electrons. The highest BCUT2D eigenvalue weighted by atomic mass is 32.2. The van der Waals surface area contributed by atoms with Crippen LogP contribution in [0.25, 0.3) is 0 Å². The van der Waals surface area contributed by atoms with Gasteiger partial charge in [0.2, 0.25) is 0 Å². The molecule has 46 heavy (non-hydrogen) atoms. The van der Waals surface area contributed by atoms with Crippen molar-refractivity contribution >= 4 is 31.7 Å². The Kier molecular flexibility index (Phi) is 12.7. The first kappa shape index (κ1) is 35.5. The lowest BCUT2D eigenvalue weighted by atomic mass is 9.93. The number of thioether (sulfide) groups is 1. The van der Waals surface area contributed by atoms with Crippen molar-refractivity contribution in [3.63, 3.8) is 0 Å². The van der Waals surface area contributed by atoms with Gasteiger partial charge in [0.15, 0.2) is 0 Å². The average molecular weight is 666 g/mol. The summed E-state index contributed by atoms with van der Waals surface area (Å²) in [5, 5.41) is 7.93. The Labute approximate surface area is 285 Å². The van der Waals surface area contributed by atoms with Crippen LogP contribution in [0.3, 0.4) is 0 Å². The minimum Gasteiger partial charge on any atom is -0.463 e. The van der Waals surface area contributed by atoms with Crippen LogP contribution in [0.1, 0.15) is 92.4 Å². The summed E-state index contributed by atoms with van der Waals surface area (Å²) in [7, 11) is -0.257. The summed E-state index contributed by atoms with van der Waals surface area (Å²) in [4.78, 5) is 13.0. The van der Waals surface area contributed by atoms with Crippen LogP contribution in [0.15, 0.2) is 69.4 Å². The highest BCUT2D eigenvalue weighted by Crippen LogP contribution is 2.55. The summed E-state index contributed by atoms with van der Waals surface area (Å²) in [6.07, 6.45) is 22.8. The van der Waals surface area contributed by atoms with Crippen molar-refractivity contribution in [1.82, 2.24) is 15.3 Å². The third-order valence-corrected chi connectivity index (χ3v) is 15.1. The number of nitrogens with one attached hydrogen (secondary N) is 2. The van der Waals surface area contributed by atoms with E-state index in [1.807, 2.05) is 11.8 Å². The van der Waals surface area contributed by atoms with E-state index in [2.05, 4.69) is 80.3 Å². The molecule has 4 atom stereocenters. The van der Waals surface area contributed by atoms with Crippen molar-refractivity contribution in [2.45, 2.75) is 104 Å². The van der Waals surface area contributed by atoms with Crippen molar-refractivity contribution in [2.24, 2.45) is 21.3 Å².